The van der Waals surface area contributed by atoms with E-state index in [9.17, 15) is 18.0 Å². The van der Waals surface area contributed by atoms with Gasteiger partial charge >= 0.3 is 6.18 Å². The van der Waals surface area contributed by atoms with Gasteiger partial charge in [-0.1, -0.05) is 23.9 Å². The number of primary amides is 1. The smallest absolute Gasteiger partial charge is 0.376 e. The zero-order valence-corrected chi connectivity index (χ0v) is 15.9. The van der Waals surface area contributed by atoms with E-state index >= 15 is 0 Å². The van der Waals surface area contributed by atoms with Crippen molar-refractivity contribution >= 4 is 17.7 Å². The maximum absolute atomic E-state index is 12.7. The second kappa shape index (κ2) is 8.95. The fourth-order valence-electron chi connectivity index (χ4n) is 2.96. The van der Waals surface area contributed by atoms with Crippen molar-refractivity contribution in [2.24, 2.45) is 5.73 Å². The maximum atomic E-state index is 12.7. The maximum Gasteiger partial charge on any atom is 0.416 e. The first kappa shape index (κ1) is 20.7. The van der Waals surface area contributed by atoms with Gasteiger partial charge in [-0.3, -0.25) is 4.79 Å². The van der Waals surface area contributed by atoms with Crippen molar-refractivity contribution in [1.29, 1.82) is 0 Å². The van der Waals surface area contributed by atoms with Gasteiger partial charge in [0.2, 0.25) is 5.91 Å². The van der Waals surface area contributed by atoms with Crippen molar-refractivity contribution in [1.82, 2.24) is 14.8 Å². The minimum absolute atomic E-state index is 0.0637. The molecular weight excluding hydrogens is 393 g/mol. The molecule has 2 heterocycles. The van der Waals surface area contributed by atoms with Crippen LogP contribution in [0.1, 0.15) is 36.2 Å². The van der Waals surface area contributed by atoms with Crippen LogP contribution < -0.4 is 5.73 Å². The summed E-state index contributed by atoms with van der Waals surface area (Å²) in [5, 5.41) is 9.01. The molecule has 1 aliphatic heterocycles. The van der Waals surface area contributed by atoms with Crippen molar-refractivity contribution < 1.29 is 22.7 Å². The molecule has 0 aliphatic carbocycles. The molecule has 0 saturated carbocycles. The number of aryl methyl sites for hydroxylation is 1. The Kier molecular flexibility index (Phi) is 6.61. The molecule has 0 radical (unpaired) electrons. The van der Waals surface area contributed by atoms with E-state index in [0.29, 0.717) is 29.7 Å². The van der Waals surface area contributed by atoms with Gasteiger partial charge in [-0.15, -0.1) is 10.2 Å². The van der Waals surface area contributed by atoms with Crippen molar-refractivity contribution in [2.75, 3.05) is 6.61 Å². The highest BCUT2D eigenvalue weighted by Gasteiger charge is 2.30. The quantitative estimate of drug-likeness (QED) is 0.671. The predicted octanol–water partition coefficient (Wildman–Crippen LogP) is 3.19. The molecular formula is C18H21F3N4O2S. The van der Waals surface area contributed by atoms with Gasteiger partial charge in [0.15, 0.2) is 5.16 Å². The minimum atomic E-state index is -4.34. The number of hydrogen-bond acceptors (Lipinski definition) is 5. The van der Waals surface area contributed by atoms with E-state index in [4.69, 9.17) is 10.5 Å². The van der Waals surface area contributed by atoms with Crippen LogP contribution in [0.2, 0.25) is 0 Å². The zero-order chi connectivity index (χ0) is 20.1. The molecule has 1 amide bonds. The Labute approximate surface area is 164 Å². The molecule has 0 bridgehead atoms. The Balaban J connectivity index is 1.70. The molecule has 6 nitrogen and oxygen atoms in total. The Morgan fingerprint density at radius 2 is 2.04 bits per heavy atom. The van der Waals surface area contributed by atoms with E-state index in [-0.39, 0.29) is 12.5 Å². The summed E-state index contributed by atoms with van der Waals surface area (Å²) in [5.41, 5.74) is 5.32. The van der Waals surface area contributed by atoms with Crippen LogP contribution >= 0.6 is 11.8 Å². The summed E-state index contributed by atoms with van der Waals surface area (Å²) in [6.45, 7) is 1.30. The lowest BCUT2D eigenvalue weighted by molar-refractivity contribution is -0.137. The van der Waals surface area contributed by atoms with Crippen molar-refractivity contribution in [3.8, 4) is 0 Å². The number of alkyl halides is 3. The molecule has 2 N–H and O–H groups in total. The Morgan fingerprint density at radius 1 is 1.29 bits per heavy atom. The van der Waals surface area contributed by atoms with E-state index in [0.717, 1.165) is 37.1 Å². The number of carbonyl (C=O) groups excluding carboxylic acids is 1. The number of benzene rings is 1. The number of aromatic nitrogens is 3. The Hall–Kier alpha value is -2.07. The largest absolute Gasteiger partial charge is 0.416 e. The first-order chi connectivity index (χ1) is 13.3. The topological polar surface area (TPSA) is 83.0 Å². The first-order valence-corrected chi connectivity index (χ1v) is 9.92. The number of ether oxygens (including phenoxy) is 1. The van der Waals surface area contributed by atoms with Gasteiger partial charge in [-0.2, -0.15) is 13.2 Å². The van der Waals surface area contributed by atoms with Gasteiger partial charge in [0.1, 0.15) is 5.82 Å². The van der Waals surface area contributed by atoms with Crippen LogP contribution in [-0.2, 0) is 34.4 Å². The van der Waals surface area contributed by atoms with Crippen LogP contribution in [0, 0.1) is 0 Å². The summed E-state index contributed by atoms with van der Waals surface area (Å²) in [6, 6.07) is 5.08. The molecule has 0 spiro atoms. The Bertz CT molecular complexity index is 802. The molecule has 1 aliphatic rings. The lowest BCUT2D eigenvalue weighted by atomic mass is 10.1. The Morgan fingerprint density at radius 3 is 2.64 bits per heavy atom. The van der Waals surface area contributed by atoms with Crippen molar-refractivity contribution in [2.45, 2.75) is 55.4 Å². The number of carbonyl (C=O) groups is 1. The molecule has 2 aromatic rings. The summed E-state index contributed by atoms with van der Waals surface area (Å²) in [4.78, 5) is 11.1. The number of halogens is 3. The first-order valence-electron chi connectivity index (χ1n) is 8.94. The lowest BCUT2D eigenvalue weighted by Crippen LogP contribution is -2.19. The molecule has 1 unspecified atom stereocenters. The third-order valence-electron chi connectivity index (χ3n) is 4.45. The number of thioether (sulfide) groups is 1. The number of hydrogen-bond donors (Lipinski definition) is 1. The molecule has 1 fully saturated rings. The SMILES string of the molecule is NC(=O)CCc1nnc(SCc2ccc(C(F)(F)F)cc2)n1CC1CCCO1. The van der Waals surface area contributed by atoms with Crippen LogP contribution in [0.25, 0.3) is 0 Å². The monoisotopic (exact) mass is 414 g/mol. The van der Waals surface area contributed by atoms with E-state index in [1.54, 1.807) is 0 Å². The summed E-state index contributed by atoms with van der Waals surface area (Å²) in [6.07, 6.45) is -1.78. The number of amides is 1. The highest BCUT2D eigenvalue weighted by atomic mass is 32.2. The number of nitrogens with zero attached hydrogens (tertiary/aromatic N) is 3. The zero-order valence-electron chi connectivity index (χ0n) is 15.1. The molecule has 1 aromatic heterocycles. The second-order valence-corrected chi connectivity index (χ2v) is 7.54. The van der Waals surface area contributed by atoms with E-state index in [2.05, 4.69) is 10.2 Å². The molecule has 1 aromatic carbocycles. The fraction of sp³-hybridized carbons (Fsp3) is 0.500. The third-order valence-corrected chi connectivity index (χ3v) is 5.49. The molecule has 28 heavy (non-hydrogen) atoms. The second-order valence-electron chi connectivity index (χ2n) is 6.59. The molecule has 3 rings (SSSR count). The van der Waals surface area contributed by atoms with Gasteiger partial charge in [-0.05, 0) is 30.5 Å². The molecule has 1 saturated heterocycles. The van der Waals surface area contributed by atoms with Crippen LogP contribution in [-0.4, -0.2) is 33.4 Å². The van der Waals surface area contributed by atoms with Gasteiger partial charge in [0.25, 0.3) is 0 Å². The van der Waals surface area contributed by atoms with Crippen LogP contribution in [0.5, 0.6) is 0 Å². The van der Waals surface area contributed by atoms with Crippen LogP contribution in [0.4, 0.5) is 13.2 Å². The predicted molar refractivity (Wildman–Crippen MR) is 97.5 cm³/mol. The van der Waals surface area contributed by atoms with Crippen LogP contribution in [0.3, 0.4) is 0 Å². The van der Waals surface area contributed by atoms with Gasteiger partial charge in [-0.25, -0.2) is 0 Å². The van der Waals surface area contributed by atoms with Gasteiger partial charge in [0, 0.05) is 25.2 Å². The highest BCUT2D eigenvalue weighted by Crippen LogP contribution is 2.30. The fourth-order valence-corrected chi connectivity index (χ4v) is 3.88. The summed E-state index contributed by atoms with van der Waals surface area (Å²) in [5.74, 6) is 0.701. The normalized spacial score (nSPS) is 17.2. The molecule has 1 atom stereocenters. The average Bonchev–Trinajstić information content (AvgIpc) is 3.28. The van der Waals surface area contributed by atoms with E-state index < -0.39 is 17.6 Å². The number of rotatable bonds is 8. The lowest BCUT2D eigenvalue weighted by Gasteiger charge is -2.14. The summed E-state index contributed by atoms with van der Waals surface area (Å²) in [7, 11) is 0. The number of nitrogens with two attached hydrogens (primary N) is 1. The molecule has 152 valence electrons. The summed E-state index contributed by atoms with van der Waals surface area (Å²) < 4.78 is 45.6. The van der Waals surface area contributed by atoms with Crippen molar-refractivity contribution in [3.05, 3.63) is 41.2 Å². The standard InChI is InChI=1S/C18H21F3N4O2S/c19-18(20,21)13-5-3-12(4-6-13)11-28-17-24-23-16(8-7-15(22)26)25(17)10-14-2-1-9-27-14/h3-6,14H,1-2,7-11H2,(H2,22,26). The molecule has 10 heteroatoms. The van der Waals surface area contributed by atoms with E-state index in [1.165, 1.54) is 23.9 Å². The third kappa shape index (κ3) is 5.48. The summed E-state index contributed by atoms with van der Waals surface area (Å²) >= 11 is 1.39. The minimum Gasteiger partial charge on any atom is -0.376 e. The van der Waals surface area contributed by atoms with Gasteiger partial charge < -0.3 is 15.0 Å². The van der Waals surface area contributed by atoms with Gasteiger partial charge in [0.05, 0.1) is 18.2 Å². The average molecular weight is 414 g/mol. The van der Waals surface area contributed by atoms with Crippen molar-refractivity contribution in [3.63, 3.8) is 0 Å². The van der Waals surface area contributed by atoms with E-state index in [1.807, 2.05) is 4.57 Å². The van der Waals surface area contributed by atoms with Crippen LogP contribution in [0.15, 0.2) is 29.4 Å². The highest BCUT2D eigenvalue weighted by molar-refractivity contribution is 7.98.